The van der Waals surface area contributed by atoms with E-state index >= 15 is 0 Å². The van der Waals surface area contributed by atoms with Crippen molar-refractivity contribution in [2.24, 2.45) is 5.92 Å². The third kappa shape index (κ3) is 2.71. The number of carbonyl (C=O) groups excluding carboxylic acids is 1. The maximum Gasteiger partial charge on any atom is 0.226 e. The van der Waals surface area contributed by atoms with Crippen molar-refractivity contribution in [3.63, 3.8) is 0 Å². The summed E-state index contributed by atoms with van der Waals surface area (Å²) in [6.45, 7) is 6.18. The topological polar surface area (TPSA) is 23.6 Å². The highest BCUT2D eigenvalue weighted by atomic mass is 16.2. The Bertz CT molecular complexity index is 203. The molecular weight excluding hydrogens is 176 g/mol. The molecule has 0 aliphatic carbocycles. The fourth-order valence-corrected chi connectivity index (χ4v) is 1.91. The van der Waals surface area contributed by atoms with Gasteiger partial charge in [-0.1, -0.05) is 0 Å². The van der Waals surface area contributed by atoms with Crippen LogP contribution in [0.1, 0.15) is 26.7 Å². The summed E-state index contributed by atoms with van der Waals surface area (Å²) >= 11 is 0. The molecule has 0 N–H and O–H groups in total. The van der Waals surface area contributed by atoms with E-state index in [1.165, 1.54) is 0 Å². The van der Waals surface area contributed by atoms with Gasteiger partial charge in [0.05, 0.1) is 5.92 Å². The van der Waals surface area contributed by atoms with Crippen LogP contribution in [-0.4, -0.2) is 48.9 Å². The zero-order valence-electron chi connectivity index (χ0n) is 9.79. The second kappa shape index (κ2) is 4.78. The zero-order valence-corrected chi connectivity index (χ0v) is 9.79. The molecule has 0 aromatic carbocycles. The highest BCUT2D eigenvalue weighted by Gasteiger charge is 2.27. The second-order valence-corrected chi connectivity index (χ2v) is 4.64. The molecule has 14 heavy (non-hydrogen) atoms. The number of piperidine rings is 1. The van der Waals surface area contributed by atoms with E-state index in [4.69, 9.17) is 0 Å². The van der Waals surface area contributed by atoms with Gasteiger partial charge in [0.15, 0.2) is 0 Å². The summed E-state index contributed by atoms with van der Waals surface area (Å²) in [6.07, 6.45) is 2.21. The first-order chi connectivity index (χ1) is 6.52. The first kappa shape index (κ1) is 11.5. The lowest BCUT2D eigenvalue weighted by atomic mass is 9.97. The van der Waals surface area contributed by atoms with Crippen molar-refractivity contribution in [2.75, 3.05) is 27.2 Å². The minimum absolute atomic E-state index is 0.223. The Balaban J connectivity index is 2.51. The molecule has 3 nitrogen and oxygen atoms in total. The summed E-state index contributed by atoms with van der Waals surface area (Å²) in [6, 6.07) is 0.315. The summed E-state index contributed by atoms with van der Waals surface area (Å²) in [5.74, 6) is 0.535. The van der Waals surface area contributed by atoms with Crippen LogP contribution in [0.2, 0.25) is 0 Å². The number of amides is 1. The van der Waals surface area contributed by atoms with Crippen LogP contribution in [0.4, 0.5) is 0 Å². The molecule has 1 aliphatic heterocycles. The van der Waals surface area contributed by atoms with Crippen molar-refractivity contribution in [1.29, 1.82) is 0 Å². The third-order valence-electron chi connectivity index (χ3n) is 3.10. The Morgan fingerprint density at radius 3 is 2.64 bits per heavy atom. The first-order valence-electron chi connectivity index (χ1n) is 5.47. The molecule has 0 aromatic rings. The normalized spacial score (nSPS) is 23.9. The SMILES string of the molecule is CC(C)N(C)C(=O)C1CCCN(C)C1. The molecule has 0 radical (unpaired) electrons. The summed E-state index contributed by atoms with van der Waals surface area (Å²) in [5, 5.41) is 0. The molecule has 1 atom stereocenters. The predicted molar refractivity (Wildman–Crippen MR) is 58.1 cm³/mol. The molecule has 0 saturated carbocycles. The number of hydrogen-bond donors (Lipinski definition) is 0. The molecule has 1 rings (SSSR count). The average molecular weight is 198 g/mol. The smallest absolute Gasteiger partial charge is 0.226 e. The maximum atomic E-state index is 12.0. The van der Waals surface area contributed by atoms with E-state index in [9.17, 15) is 4.79 Å². The van der Waals surface area contributed by atoms with Gasteiger partial charge in [0.25, 0.3) is 0 Å². The molecule has 1 unspecified atom stereocenters. The lowest BCUT2D eigenvalue weighted by Gasteiger charge is -2.33. The number of nitrogens with zero attached hydrogens (tertiary/aromatic N) is 2. The number of rotatable bonds is 2. The summed E-state index contributed by atoms with van der Waals surface area (Å²) in [4.78, 5) is 16.1. The lowest BCUT2D eigenvalue weighted by Crippen LogP contribution is -2.44. The minimum atomic E-state index is 0.223. The second-order valence-electron chi connectivity index (χ2n) is 4.64. The van der Waals surface area contributed by atoms with Crippen molar-refractivity contribution in [2.45, 2.75) is 32.7 Å². The minimum Gasteiger partial charge on any atom is -0.343 e. The predicted octanol–water partition coefficient (Wildman–Crippen LogP) is 1.20. The fourth-order valence-electron chi connectivity index (χ4n) is 1.91. The van der Waals surface area contributed by atoms with E-state index in [-0.39, 0.29) is 5.92 Å². The fraction of sp³-hybridized carbons (Fsp3) is 0.909. The van der Waals surface area contributed by atoms with Gasteiger partial charge < -0.3 is 9.80 Å². The van der Waals surface area contributed by atoms with Crippen LogP contribution in [-0.2, 0) is 4.79 Å². The Morgan fingerprint density at radius 2 is 2.14 bits per heavy atom. The molecule has 82 valence electrons. The lowest BCUT2D eigenvalue weighted by molar-refractivity contribution is -0.137. The van der Waals surface area contributed by atoms with Gasteiger partial charge in [-0.3, -0.25) is 4.79 Å². The zero-order chi connectivity index (χ0) is 10.7. The van der Waals surface area contributed by atoms with E-state index in [2.05, 4.69) is 25.8 Å². The van der Waals surface area contributed by atoms with E-state index < -0.39 is 0 Å². The number of hydrogen-bond acceptors (Lipinski definition) is 2. The van der Waals surface area contributed by atoms with Gasteiger partial charge in [-0.15, -0.1) is 0 Å². The van der Waals surface area contributed by atoms with Crippen molar-refractivity contribution in [3.05, 3.63) is 0 Å². The standard InChI is InChI=1S/C11H22N2O/c1-9(2)13(4)11(14)10-6-5-7-12(3)8-10/h9-10H,5-8H2,1-4H3. The first-order valence-corrected chi connectivity index (χ1v) is 5.47. The molecular formula is C11H22N2O. The highest BCUT2D eigenvalue weighted by Crippen LogP contribution is 2.17. The monoisotopic (exact) mass is 198 g/mol. The Labute approximate surface area is 87.1 Å². The van der Waals surface area contributed by atoms with Crippen molar-refractivity contribution in [1.82, 2.24) is 9.80 Å². The summed E-state index contributed by atoms with van der Waals surface area (Å²) in [7, 11) is 4.00. The van der Waals surface area contributed by atoms with Gasteiger partial charge in [0.1, 0.15) is 0 Å². The summed E-state index contributed by atoms with van der Waals surface area (Å²) < 4.78 is 0. The van der Waals surface area contributed by atoms with Crippen LogP contribution in [0.25, 0.3) is 0 Å². The van der Waals surface area contributed by atoms with Crippen LogP contribution in [0.5, 0.6) is 0 Å². The van der Waals surface area contributed by atoms with Crippen LogP contribution in [0, 0.1) is 5.92 Å². The third-order valence-corrected chi connectivity index (χ3v) is 3.10. The molecule has 1 heterocycles. The van der Waals surface area contributed by atoms with Crippen LogP contribution >= 0.6 is 0 Å². The molecule has 1 saturated heterocycles. The van der Waals surface area contributed by atoms with Gasteiger partial charge >= 0.3 is 0 Å². The quantitative estimate of drug-likeness (QED) is 0.665. The van der Waals surface area contributed by atoms with Crippen LogP contribution < -0.4 is 0 Å². The highest BCUT2D eigenvalue weighted by molar-refractivity contribution is 5.79. The molecule has 3 heteroatoms. The average Bonchev–Trinajstić information content (AvgIpc) is 2.15. The van der Waals surface area contributed by atoms with Crippen molar-refractivity contribution >= 4 is 5.91 Å². The molecule has 0 aromatic heterocycles. The van der Waals surface area contributed by atoms with E-state index in [1.54, 1.807) is 0 Å². The van der Waals surface area contributed by atoms with Gasteiger partial charge in [-0.05, 0) is 40.3 Å². The van der Waals surface area contributed by atoms with E-state index in [0.29, 0.717) is 11.9 Å². The Hall–Kier alpha value is -0.570. The van der Waals surface area contributed by atoms with E-state index in [0.717, 1.165) is 25.9 Å². The molecule has 0 bridgehead atoms. The van der Waals surface area contributed by atoms with E-state index in [1.807, 2.05) is 11.9 Å². The van der Waals surface area contributed by atoms with Gasteiger partial charge in [0, 0.05) is 19.6 Å². The number of carbonyl (C=O) groups is 1. The maximum absolute atomic E-state index is 12.0. The summed E-state index contributed by atoms with van der Waals surface area (Å²) in [5.41, 5.74) is 0. The Kier molecular flexibility index (Phi) is 3.93. The van der Waals surface area contributed by atoms with Gasteiger partial charge in [-0.25, -0.2) is 0 Å². The van der Waals surface area contributed by atoms with Gasteiger partial charge in [-0.2, -0.15) is 0 Å². The van der Waals surface area contributed by atoms with Crippen LogP contribution in [0.3, 0.4) is 0 Å². The molecule has 1 amide bonds. The largest absolute Gasteiger partial charge is 0.343 e. The molecule has 1 aliphatic rings. The van der Waals surface area contributed by atoms with Crippen molar-refractivity contribution < 1.29 is 4.79 Å². The number of likely N-dealkylation sites (tertiary alicyclic amines) is 1. The molecule has 0 spiro atoms. The van der Waals surface area contributed by atoms with Crippen LogP contribution in [0.15, 0.2) is 0 Å². The molecule has 1 fully saturated rings. The van der Waals surface area contributed by atoms with Crippen molar-refractivity contribution in [3.8, 4) is 0 Å². The Morgan fingerprint density at radius 1 is 1.50 bits per heavy atom. The van der Waals surface area contributed by atoms with Gasteiger partial charge in [0.2, 0.25) is 5.91 Å².